The molecule has 2 unspecified atom stereocenters. The Balaban J connectivity index is 2.10. The lowest BCUT2D eigenvalue weighted by atomic mass is 9.82. The van der Waals surface area contributed by atoms with Crippen molar-refractivity contribution in [2.45, 2.75) is 39.2 Å². The number of carbonyl (C=O) groups excluding carboxylic acids is 1. The summed E-state index contributed by atoms with van der Waals surface area (Å²) in [4.78, 5) is 23.3. The third-order valence-corrected chi connectivity index (χ3v) is 3.79. The summed E-state index contributed by atoms with van der Waals surface area (Å²) in [5.41, 5.74) is 0.125. The molecule has 0 saturated heterocycles. The van der Waals surface area contributed by atoms with Crippen molar-refractivity contribution in [3.63, 3.8) is 0 Å². The molecule has 1 fully saturated rings. The Morgan fingerprint density at radius 3 is 2.15 bits per heavy atom. The van der Waals surface area contributed by atoms with Crippen LogP contribution >= 0.6 is 0 Å². The predicted octanol–water partition coefficient (Wildman–Crippen LogP) is 3.37. The van der Waals surface area contributed by atoms with Crippen molar-refractivity contribution in [3.8, 4) is 0 Å². The highest BCUT2D eigenvalue weighted by molar-refractivity contribution is 6.02. The molecule has 1 saturated carbocycles. The molecule has 108 valence electrons. The van der Waals surface area contributed by atoms with Gasteiger partial charge in [-0.05, 0) is 43.2 Å². The standard InChI is InChI=1S/C16H20O4/c1-10-7-11(2)9-12(8-10)20-16(19)14-6-4-3-5-13(14)15(17)18/h3-6,10-12H,7-9H2,1-2H3,(H,17,18)/t10-,11?,12?/m1/s1. The molecule has 0 heterocycles. The van der Waals surface area contributed by atoms with Gasteiger partial charge in [0.15, 0.2) is 0 Å². The zero-order valence-electron chi connectivity index (χ0n) is 11.8. The summed E-state index contributed by atoms with van der Waals surface area (Å²) in [6.45, 7) is 4.31. The van der Waals surface area contributed by atoms with E-state index in [1.165, 1.54) is 12.1 Å². The summed E-state index contributed by atoms with van der Waals surface area (Å²) in [7, 11) is 0. The maximum Gasteiger partial charge on any atom is 0.339 e. The van der Waals surface area contributed by atoms with E-state index in [0.29, 0.717) is 11.8 Å². The SMILES string of the molecule is CC1CC(OC(=O)c2ccccc2C(=O)O)C[C@H](C)C1. The smallest absolute Gasteiger partial charge is 0.339 e. The van der Waals surface area contributed by atoms with Gasteiger partial charge in [0.05, 0.1) is 11.1 Å². The van der Waals surface area contributed by atoms with Gasteiger partial charge in [0, 0.05) is 0 Å². The van der Waals surface area contributed by atoms with Crippen LogP contribution in [-0.4, -0.2) is 23.1 Å². The van der Waals surface area contributed by atoms with E-state index in [1.807, 2.05) is 0 Å². The normalized spacial score (nSPS) is 26.0. The van der Waals surface area contributed by atoms with Crippen LogP contribution in [0.15, 0.2) is 24.3 Å². The van der Waals surface area contributed by atoms with Crippen molar-refractivity contribution in [1.82, 2.24) is 0 Å². The zero-order chi connectivity index (χ0) is 14.7. The molecule has 1 aliphatic carbocycles. The summed E-state index contributed by atoms with van der Waals surface area (Å²) in [6.07, 6.45) is 2.75. The molecule has 20 heavy (non-hydrogen) atoms. The highest BCUT2D eigenvalue weighted by atomic mass is 16.5. The van der Waals surface area contributed by atoms with E-state index in [9.17, 15) is 9.59 Å². The van der Waals surface area contributed by atoms with E-state index < -0.39 is 11.9 Å². The average molecular weight is 276 g/mol. The van der Waals surface area contributed by atoms with Crippen molar-refractivity contribution in [2.24, 2.45) is 11.8 Å². The first-order chi connectivity index (χ1) is 9.47. The number of benzene rings is 1. The minimum absolute atomic E-state index is 0.00518. The molecule has 1 aromatic carbocycles. The Kier molecular flexibility index (Phi) is 4.42. The Morgan fingerprint density at radius 2 is 1.60 bits per heavy atom. The van der Waals surface area contributed by atoms with Crippen LogP contribution in [0.1, 0.15) is 53.8 Å². The molecule has 0 spiro atoms. The van der Waals surface area contributed by atoms with Crippen LogP contribution in [0.5, 0.6) is 0 Å². The van der Waals surface area contributed by atoms with Crippen LogP contribution in [0.3, 0.4) is 0 Å². The minimum Gasteiger partial charge on any atom is -0.478 e. The maximum absolute atomic E-state index is 12.2. The van der Waals surface area contributed by atoms with E-state index in [0.717, 1.165) is 19.3 Å². The summed E-state index contributed by atoms with van der Waals surface area (Å²) in [5.74, 6) is -0.574. The van der Waals surface area contributed by atoms with Crippen molar-refractivity contribution in [2.75, 3.05) is 0 Å². The monoisotopic (exact) mass is 276 g/mol. The molecule has 3 atom stereocenters. The predicted molar refractivity (Wildman–Crippen MR) is 74.8 cm³/mol. The first kappa shape index (κ1) is 14.6. The lowest BCUT2D eigenvalue weighted by Gasteiger charge is -2.31. The molecule has 0 aliphatic heterocycles. The Labute approximate surface area is 118 Å². The summed E-state index contributed by atoms with van der Waals surface area (Å²) in [6, 6.07) is 6.17. The summed E-state index contributed by atoms with van der Waals surface area (Å²) >= 11 is 0. The van der Waals surface area contributed by atoms with Gasteiger partial charge in [-0.25, -0.2) is 9.59 Å². The van der Waals surface area contributed by atoms with Gasteiger partial charge in [0.1, 0.15) is 6.10 Å². The Morgan fingerprint density at radius 1 is 1.05 bits per heavy atom. The van der Waals surface area contributed by atoms with Crippen LogP contribution in [-0.2, 0) is 4.74 Å². The number of hydrogen-bond donors (Lipinski definition) is 1. The quantitative estimate of drug-likeness (QED) is 0.860. The molecule has 0 amide bonds. The Hall–Kier alpha value is -1.84. The highest BCUT2D eigenvalue weighted by Crippen LogP contribution is 2.30. The van der Waals surface area contributed by atoms with Gasteiger partial charge >= 0.3 is 11.9 Å². The molecule has 4 heteroatoms. The lowest BCUT2D eigenvalue weighted by molar-refractivity contribution is 0.00773. The number of ether oxygens (including phenoxy) is 1. The average Bonchev–Trinajstić information content (AvgIpc) is 2.37. The van der Waals surface area contributed by atoms with Crippen molar-refractivity contribution in [1.29, 1.82) is 0 Å². The second-order valence-electron chi connectivity index (χ2n) is 5.80. The fraction of sp³-hybridized carbons (Fsp3) is 0.500. The number of hydrogen-bond acceptors (Lipinski definition) is 3. The largest absolute Gasteiger partial charge is 0.478 e. The van der Waals surface area contributed by atoms with Crippen LogP contribution in [0.2, 0.25) is 0 Å². The molecule has 1 aliphatic rings. The number of esters is 1. The topological polar surface area (TPSA) is 63.6 Å². The molecule has 1 aromatic rings. The zero-order valence-corrected chi connectivity index (χ0v) is 11.8. The van der Waals surface area contributed by atoms with Crippen LogP contribution < -0.4 is 0 Å². The van der Waals surface area contributed by atoms with Gasteiger partial charge in [-0.2, -0.15) is 0 Å². The molecular weight excluding hydrogens is 256 g/mol. The first-order valence-electron chi connectivity index (χ1n) is 7.00. The second-order valence-corrected chi connectivity index (χ2v) is 5.80. The van der Waals surface area contributed by atoms with E-state index >= 15 is 0 Å². The fourth-order valence-electron chi connectivity index (χ4n) is 3.03. The van der Waals surface area contributed by atoms with Crippen LogP contribution in [0, 0.1) is 11.8 Å². The summed E-state index contributed by atoms with van der Waals surface area (Å²) in [5, 5.41) is 9.10. The van der Waals surface area contributed by atoms with Gasteiger partial charge in [-0.15, -0.1) is 0 Å². The first-order valence-corrected chi connectivity index (χ1v) is 7.00. The van der Waals surface area contributed by atoms with Crippen LogP contribution in [0.4, 0.5) is 0 Å². The van der Waals surface area contributed by atoms with E-state index in [4.69, 9.17) is 9.84 Å². The molecule has 4 nitrogen and oxygen atoms in total. The van der Waals surface area contributed by atoms with Crippen molar-refractivity contribution < 1.29 is 19.4 Å². The molecule has 0 radical (unpaired) electrons. The van der Waals surface area contributed by atoms with Crippen molar-refractivity contribution >= 4 is 11.9 Å². The Bertz CT molecular complexity index is 499. The number of carboxylic acid groups (broad SMARTS) is 1. The third kappa shape index (κ3) is 3.38. The van der Waals surface area contributed by atoms with E-state index in [1.54, 1.807) is 12.1 Å². The maximum atomic E-state index is 12.2. The van der Waals surface area contributed by atoms with E-state index in [-0.39, 0.29) is 17.2 Å². The molecule has 1 N–H and O–H groups in total. The minimum atomic E-state index is -1.11. The highest BCUT2D eigenvalue weighted by Gasteiger charge is 2.28. The molecule has 2 rings (SSSR count). The third-order valence-electron chi connectivity index (χ3n) is 3.79. The lowest BCUT2D eigenvalue weighted by Crippen LogP contribution is -2.29. The number of carboxylic acids is 1. The van der Waals surface area contributed by atoms with Gasteiger partial charge < -0.3 is 9.84 Å². The number of carbonyl (C=O) groups is 2. The van der Waals surface area contributed by atoms with Gasteiger partial charge in [0.2, 0.25) is 0 Å². The second kappa shape index (κ2) is 6.07. The van der Waals surface area contributed by atoms with E-state index in [2.05, 4.69) is 13.8 Å². The summed E-state index contributed by atoms with van der Waals surface area (Å²) < 4.78 is 5.51. The van der Waals surface area contributed by atoms with Gasteiger partial charge in [0.25, 0.3) is 0 Å². The van der Waals surface area contributed by atoms with Crippen molar-refractivity contribution in [3.05, 3.63) is 35.4 Å². The number of aromatic carboxylic acids is 1. The van der Waals surface area contributed by atoms with Gasteiger partial charge in [-0.3, -0.25) is 0 Å². The number of rotatable bonds is 3. The van der Waals surface area contributed by atoms with Crippen LogP contribution in [0.25, 0.3) is 0 Å². The fourth-order valence-corrected chi connectivity index (χ4v) is 3.03. The molecular formula is C16H20O4. The van der Waals surface area contributed by atoms with Gasteiger partial charge in [-0.1, -0.05) is 26.0 Å². The molecule has 0 aromatic heterocycles. The molecule has 0 bridgehead atoms.